The predicted octanol–water partition coefficient (Wildman–Crippen LogP) is 6.90. The molecule has 5 aromatic rings. The first-order valence-corrected chi connectivity index (χ1v) is 14.2. The average molecular weight is 442 g/mol. The van der Waals surface area contributed by atoms with Crippen molar-refractivity contribution >= 4 is 40.8 Å². The second kappa shape index (κ2) is 8.09. The maximum atomic E-state index is 9.37. The van der Waals surface area contributed by atoms with E-state index in [9.17, 15) is 5.26 Å². The van der Waals surface area contributed by atoms with Gasteiger partial charge in [-0.1, -0.05) is 78.4 Å². The molecule has 0 fully saturated rings. The molecule has 0 aliphatic rings. The Labute approximate surface area is 195 Å². The van der Waals surface area contributed by atoms with E-state index in [1.165, 1.54) is 27.0 Å². The highest BCUT2D eigenvalue weighted by Crippen LogP contribution is 2.32. The van der Waals surface area contributed by atoms with Crippen LogP contribution in [-0.2, 0) is 6.04 Å². The minimum atomic E-state index is -1.89. The summed E-state index contributed by atoms with van der Waals surface area (Å²) in [5, 5.41) is 13.3. The minimum absolute atomic E-state index is 0.537. The van der Waals surface area contributed by atoms with Gasteiger partial charge < -0.3 is 4.57 Å². The fourth-order valence-electron chi connectivity index (χ4n) is 4.77. The lowest BCUT2D eigenvalue weighted by Crippen LogP contribution is -2.44. The molecule has 0 saturated carbocycles. The molecule has 0 radical (unpaired) electrons. The summed E-state index contributed by atoms with van der Waals surface area (Å²) in [6.07, 6.45) is 0. The Morgan fingerprint density at radius 2 is 1.58 bits per heavy atom. The van der Waals surface area contributed by atoms with Crippen molar-refractivity contribution in [3.8, 4) is 11.8 Å². The SMILES string of the molecule is [C-]#[N+]c1cc(C#N)cc(C[Si](C)(C)c2ccc3c(c2)c2ccccc2n3-c2ccccc2)c1. The number of benzene rings is 4. The van der Waals surface area contributed by atoms with E-state index < -0.39 is 8.07 Å². The van der Waals surface area contributed by atoms with Gasteiger partial charge in [-0.3, -0.25) is 0 Å². The van der Waals surface area contributed by atoms with Crippen molar-refractivity contribution in [2.45, 2.75) is 19.1 Å². The molecule has 0 N–H and O–H groups in total. The summed E-state index contributed by atoms with van der Waals surface area (Å²) in [7, 11) is -1.89. The molecular weight excluding hydrogens is 418 g/mol. The summed E-state index contributed by atoms with van der Waals surface area (Å²) in [6, 6.07) is 34.6. The summed E-state index contributed by atoms with van der Waals surface area (Å²) in [5.41, 5.74) is 5.74. The molecule has 1 heterocycles. The molecule has 0 aliphatic heterocycles. The van der Waals surface area contributed by atoms with E-state index in [2.05, 4.69) is 95.3 Å². The largest absolute Gasteiger partial charge is 0.309 e. The topological polar surface area (TPSA) is 33.1 Å². The highest BCUT2D eigenvalue weighted by atomic mass is 28.3. The van der Waals surface area contributed by atoms with Crippen molar-refractivity contribution < 1.29 is 0 Å². The van der Waals surface area contributed by atoms with E-state index in [-0.39, 0.29) is 0 Å². The zero-order chi connectivity index (χ0) is 23.0. The molecule has 0 unspecified atom stereocenters. The quantitative estimate of drug-likeness (QED) is 0.220. The average Bonchev–Trinajstić information content (AvgIpc) is 3.17. The number of aromatic nitrogens is 1. The number of para-hydroxylation sites is 2. The number of hydrogen-bond acceptors (Lipinski definition) is 1. The van der Waals surface area contributed by atoms with Gasteiger partial charge in [-0.05, 0) is 42.4 Å². The van der Waals surface area contributed by atoms with Crippen LogP contribution in [0.5, 0.6) is 0 Å². The van der Waals surface area contributed by atoms with Crippen LogP contribution in [0.4, 0.5) is 5.69 Å². The van der Waals surface area contributed by atoms with Crippen molar-refractivity contribution in [1.29, 1.82) is 5.26 Å². The number of hydrogen-bond donors (Lipinski definition) is 0. The minimum Gasteiger partial charge on any atom is -0.309 e. The van der Waals surface area contributed by atoms with E-state index in [0.29, 0.717) is 11.3 Å². The predicted molar refractivity (Wildman–Crippen MR) is 139 cm³/mol. The molecule has 0 saturated heterocycles. The third-order valence-electron chi connectivity index (χ3n) is 6.35. The second-order valence-electron chi connectivity index (χ2n) is 9.09. The van der Waals surface area contributed by atoms with Crippen LogP contribution < -0.4 is 5.19 Å². The third kappa shape index (κ3) is 3.72. The van der Waals surface area contributed by atoms with Crippen molar-refractivity contribution in [3.05, 3.63) is 114 Å². The molecule has 4 heteroatoms. The lowest BCUT2D eigenvalue weighted by molar-refractivity contribution is 1.18. The van der Waals surface area contributed by atoms with Crippen LogP contribution in [0.15, 0.2) is 91.0 Å². The Bertz CT molecular complexity index is 1550. The van der Waals surface area contributed by atoms with E-state index in [0.717, 1.165) is 17.3 Å². The Morgan fingerprint density at radius 3 is 2.33 bits per heavy atom. The molecule has 0 bridgehead atoms. The molecule has 158 valence electrons. The van der Waals surface area contributed by atoms with Crippen molar-refractivity contribution in [2.75, 3.05) is 0 Å². The molecule has 0 atom stereocenters. The van der Waals surface area contributed by atoms with Gasteiger partial charge in [0.05, 0.1) is 31.7 Å². The zero-order valence-electron chi connectivity index (χ0n) is 18.7. The second-order valence-corrected chi connectivity index (χ2v) is 13.8. The van der Waals surface area contributed by atoms with Crippen LogP contribution in [0, 0.1) is 17.9 Å². The Kier molecular flexibility index (Phi) is 5.09. The van der Waals surface area contributed by atoms with Gasteiger partial charge in [0, 0.05) is 22.0 Å². The van der Waals surface area contributed by atoms with E-state index in [1.807, 2.05) is 18.2 Å². The van der Waals surface area contributed by atoms with Gasteiger partial charge in [0.25, 0.3) is 0 Å². The first-order chi connectivity index (χ1) is 16.0. The van der Waals surface area contributed by atoms with E-state index in [1.54, 1.807) is 6.07 Å². The summed E-state index contributed by atoms with van der Waals surface area (Å²) in [6.45, 7) is 12.1. The Hall–Kier alpha value is -4.12. The van der Waals surface area contributed by atoms with E-state index >= 15 is 0 Å². The van der Waals surface area contributed by atoms with Gasteiger partial charge in [0.1, 0.15) is 0 Å². The van der Waals surface area contributed by atoms with Crippen molar-refractivity contribution in [1.82, 2.24) is 4.57 Å². The summed E-state index contributed by atoms with van der Waals surface area (Å²) >= 11 is 0. The van der Waals surface area contributed by atoms with Crippen LogP contribution >= 0.6 is 0 Å². The van der Waals surface area contributed by atoms with Crippen LogP contribution in [0.1, 0.15) is 11.1 Å². The number of nitrogens with zero attached hydrogens (tertiary/aromatic N) is 3. The molecule has 0 aliphatic carbocycles. The van der Waals surface area contributed by atoms with Crippen LogP contribution in [0.25, 0.3) is 32.3 Å². The van der Waals surface area contributed by atoms with Crippen molar-refractivity contribution in [3.63, 3.8) is 0 Å². The number of rotatable bonds is 4. The molecule has 33 heavy (non-hydrogen) atoms. The normalized spacial score (nSPS) is 11.4. The monoisotopic (exact) mass is 441 g/mol. The maximum Gasteiger partial charge on any atom is 0.188 e. The van der Waals surface area contributed by atoms with Crippen LogP contribution in [-0.4, -0.2) is 12.6 Å². The first-order valence-electron chi connectivity index (χ1n) is 11.0. The van der Waals surface area contributed by atoms with Gasteiger partial charge in [0.15, 0.2) is 5.69 Å². The van der Waals surface area contributed by atoms with Gasteiger partial charge in [-0.2, -0.15) is 5.26 Å². The summed E-state index contributed by atoms with van der Waals surface area (Å²) in [4.78, 5) is 3.56. The highest BCUT2D eigenvalue weighted by Gasteiger charge is 2.25. The standard InChI is InChI=1S/C29H23N3Si/c1-31-23-16-21(19-30)15-22(17-23)20-33(2,3)25-13-14-29-27(18-25)26-11-7-8-12-28(26)32(29)24-9-5-4-6-10-24/h4-18H,20H2,2-3H3. The van der Waals surface area contributed by atoms with Gasteiger partial charge in [0.2, 0.25) is 0 Å². The highest BCUT2D eigenvalue weighted by molar-refractivity contribution is 6.89. The lowest BCUT2D eigenvalue weighted by atomic mass is 10.1. The number of nitriles is 1. The van der Waals surface area contributed by atoms with Crippen LogP contribution in [0.2, 0.25) is 13.1 Å². The summed E-state index contributed by atoms with van der Waals surface area (Å²) < 4.78 is 2.33. The lowest BCUT2D eigenvalue weighted by Gasteiger charge is -2.24. The van der Waals surface area contributed by atoms with Crippen LogP contribution in [0.3, 0.4) is 0 Å². The molecule has 1 aromatic heterocycles. The molecule has 0 spiro atoms. The fourth-order valence-corrected chi connectivity index (χ4v) is 7.27. The summed E-state index contributed by atoms with van der Waals surface area (Å²) in [5.74, 6) is 0. The molecule has 4 aromatic carbocycles. The molecule has 0 amide bonds. The van der Waals surface area contributed by atoms with Gasteiger partial charge in [-0.25, -0.2) is 4.85 Å². The zero-order valence-corrected chi connectivity index (χ0v) is 19.7. The molecule has 5 rings (SSSR count). The Balaban J connectivity index is 1.64. The molecular formula is C29H23N3Si. The Morgan fingerprint density at radius 1 is 0.848 bits per heavy atom. The number of fused-ring (bicyclic) bond motifs is 3. The third-order valence-corrected chi connectivity index (χ3v) is 9.52. The van der Waals surface area contributed by atoms with E-state index in [4.69, 9.17) is 6.57 Å². The first kappa shape index (κ1) is 20.8. The van der Waals surface area contributed by atoms with Gasteiger partial charge >= 0.3 is 0 Å². The molecule has 3 nitrogen and oxygen atoms in total. The van der Waals surface area contributed by atoms with Crippen molar-refractivity contribution in [2.24, 2.45) is 0 Å². The smallest absolute Gasteiger partial charge is 0.188 e. The fraction of sp³-hybridized carbons (Fsp3) is 0.103. The van der Waals surface area contributed by atoms with Gasteiger partial charge in [-0.15, -0.1) is 0 Å². The maximum absolute atomic E-state index is 9.37.